The van der Waals surface area contributed by atoms with Crippen molar-refractivity contribution in [2.45, 2.75) is 39.4 Å². The van der Waals surface area contributed by atoms with Crippen LogP contribution in [0.2, 0.25) is 0 Å². The van der Waals surface area contributed by atoms with Crippen molar-refractivity contribution in [2.24, 2.45) is 5.92 Å². The Balaban J connectivity index is 2.21. The highest BCUT2D eigenvalue weighted by Gasteiger charge is 2.40. The summed E-state index contributed by atoms with van der Waals surface area (Å²) in [6.45, 7) is 7.13. The van der Waals surface area contributed by atoms with Gasteiger partial charge in [-0.3, -0.25) is 10.1 Å². The van der Waals surface area contributed by atoms with E-state index in [1.807, 2.05) is 16.7 Å². The molecule has 0 aliphatic carbocycles. The molecule has 0 radical (unpaired) electrons. The van der Waals surface area contributed by atoms with E-state index in [0.717, 1.165) is 18.7 Å². The minimum Gasteiger partial charge on any atom is -0.322 e. The van der Waals surface area contributed by atoms with E-state index in [0.29, 0.717) is 5.92 Å². The lowest BCUT2D eigenvalue weighted by Crippen LogP contribution is -2.35. The molecular weight excluding hydrogens is 280 g/mol. The molecule has 0 bridgehead atoms. The number of thioether (sulfide) groups is 1. The molecule has 1 heterocycles. The lowest BCUT2D eigenvalue weighted by Gasteiger charge is -2.24. The van der Waals surface area contributed by atoms with Crippen molar-refractivity contribution < 1.29 is 4.79 Å². The molecule has 2 atom stereocenters. The van der Waals surface area contributed by atoms with Crippen LogP contribution in [-0.4, -0.2) is 35.4 Å². The molecule has 0 aromatic heterocycles. The van der Waals surface area contributed by atoms with Gasteiger partial charge in [0.25, 0.3) is 0 Å². The Bertz CT molecular complexity index is 489. The molecule has 1 saturated heterocycles. The molecular formula is C17H26N2OS. The number of rotatable bonds is 6. The summed E-state index contributed by atoms with van der Waals surface area (Å²) < 4.78 is 0. The molecule has 1 aliphatic rings. The van der Waals surface area contributed by atoms with Crippen LogP contribution in [0, 0.1) is 12.8 Å². The Morgan fingerprint density at radius 3 is 2.76 bits per heavy atom. The highest BCUT2D eigenvalue weighted by atomic mass is 32.2. The summed E-state index contributed by atoms with van der Waals surface area (Å²) in [7, 11) is 0. The van der Waals surface area contributed by atoms with Gasteiger partial charge in [0.15, 0.2) is 0 Å². The molecule has 0 saturated carbocycles. The molecule has 2 unspecified atom stereocenters. The van der Waals surface area contributed by atoms with Gasteiger partial charge in [0, 0.05) is 6.54 Å². The van der Waals surface area contributed by atoms with Crippen LogP contribution in [0.25, 0.3) is 0 Å². The predicted molar refractivity (Wildman–Crippen MR) is 90.4 cm³/mol. The second-order valence-electron chi connectivity index (χ2n) is 6.08. The second-order valence-corrected chi connectivity index (χ2v) is 7.07. The summed E-state index contributed by atoms with van der Waals surface area (Å²) in [5, 5.41) is 3.53. The molecule has 21 heavy (non-hydrogen) atoms. The molecule has 1 fully saturated rings. The highest BCUT2D eigenvalue weighted by Crippen LogP contribution is 2.28. The maximum Gasteiger partial charge on any atom is 0.241 e. The third kappa shape index (κ3) is 3.80. The van der Waals surface area contributed by atoms with Crippen molar-refractivity contribution in [1.29, 1.82) is 0 Å². The van der Waals surface area contributed by atoms with E-state index >= 15 is 0 Å². The van der Waals surface area contributed by atoms with Gasteiger partial charge < -0.3 is 4.90 Å². The van der Waals surface area contributed by atoms with E-state index in [2.05, 4.69) is 56.6 Å². The molecule has 1 amide bonds. The molecule has 1 aromatic carbocycles. The number of carbonyl (C=O) groups excluding carboxylic acids is 1. The van der Waals surface area contributed by atoms with Gasteiger partial charge in [-0.05, 0) is 36.8 Å². The summed E-state index contributed by atoms with van der Waals surface area (Å²) in [5.41, 5.74) is 2.43. The molecule has 1 aromatic rings. The van der Waals surface area contributed by atoms with E-state index in [1.54, 1.807) is 0 Å². The van der Waals surface area contributed by atoms with Crippen LogP contribution in [0.5, 0.6) is 0 Å². The number of hydrogen-bond donors (Lipinski definition) is 1. The summed E-state index contributed by atoms with van der Waals surface area (Å²) in [4.78, 5) is 14.7. The summed E-state index contributed by atoms with van der Waals surface area (Å²) in [6.07, 6.45) is 3.17. The van der Waals surface area contributed by atoms with E-state index in [-0.39, 0.29) is 18.1 Å². The summed E-state index contributed by atoms with van der Waals surface area (Å²) in [6, 6.07) is 8.39. The fourth-order valence-corrected chi connectivity index (χ4v) is 3.27. The van der Waals surface area contributed by atoms with Crippen molar-refractivity contribution in [3.8, 4) is 0 Å². The SMILES string of the molecule is CSCCCN1C(=O)C(C(C)C)NC1c1cccc(C)c1. The van der Waals surface area contributed by atoms with Gasteiger partial charge >= 0.3 is 0 Å². The third-order valence-electron chi connectivity index (χ3n) is 3.97. The van der Waals surface area contributed by atoms with Crippen LogP contribution in [0.1, 0.15) is 37.6 Å². The lowest BCUT2D eigenvalue weighted by molar-refractivity contribution is -0.130. The number of amides is 1. The molecule has 2 rings (SSSR count). The fourth-order valence-electron chi connectivity index (χ4n) is 2.85. The van der Waals surface area contributed by atoms with Crippen LogP contribution < -0.4 is 5.32 Å². The van der Waals surface area contributed by atoms with Crippen LogP contribution in [0.3, 0.4) is 0 Å². The molecule has 3 nitrogen and oxygen atoms in total. The molecule has 0 spiro atoms. The van der Waals surface area contributed by atoms with E-state index < -0.39 is 0 Å². The Kier molecular flexibility index (Phi) is 5.71. The van der Waals surface area contributed by atoms with Gasteiger partial charge in [-0.1, -0.05) is 43.7 Å². The minimum absolute atomic E-state index is 0.0201. The Hall–Kier alpha value is -1.00. The maximum absolute atomic E-state index is 12.7. The molecule has 1 aliphatic heterocycles. The largest absolute Gasteiger partial charge is 0.322 e. The first-order valence-corrected chi connectivity index (χ1v) is 9.06. The van der Waals surface area contributed by atoms with E-state index in [1.165, 1.54) is 11.1 Å². The quantitative estimate of drug-likeness (QED) is 0.819. The number of benzene rings is 1. The highest BCUT2D eigenvalue weighted by molar-refractivity contribution is 7.98. The normalized spacial score (nSPS) is 22.3. The van der Waals surface area contributed by atoms with Gasteiger partial charge in [0.1, 0.15) is 6.17 Å². The van der Waals surface area contributed by atoms with Gasteiger partial charge in [-0.15, -0.1) is 0 Å². The minimum atomic E-state index is -0.0650. The molecule has 4 heteroatoms. The second kappa shape index (κ2) is 7.32. The Morgan fingerprint density at radius 1 is 1.38 bits per heavy atom. The number of aryl methyl sites for hydroxylation is 1. The predicted octanol–water partition coefficient (Wildman–Crippen LogP) is 3.20. The van der Waals surface area contributed by atoms with Crippen molar-refractivity contribution in [3.05, 3.63) is 35.4 Å². The zero-order valence-corrected chi connectivity index (χ0v) is 14.2. The number of nitrogens with one attached hydrogen (secondary N) is 1. The fraction of sp³-hybridized carbons (Fsp3) is 0.588. The van der Waals surface area contributed by atoms with Crippen molar-refractivity contribution in [3.63, 3.8) is 0 Å². The Morgan fingerprint density at radius 2 is 2.14 bits per heavy atom. The van der Waals surface area contributed by atoms with Crippen LogP contribution in [-0.2, 0) is 4.79 Å². The standard InChI is InChI=1S/C17H26N2OS/c1-12(2)15-17(20)19(9-6-10-21-4)16(18-15)14-8-5-7-13(3)11-14/h5,7-8,11-12,15-16,18H,6,9-10H2,1-4H3. The average molecular weight is 306 g/mol. The zero-order chi connectivity index (χ0) is 15.4. The van der Waals surface area contributed by atoms with Gasteiger partial charge in [0.2, 0.25) is 5.91 Å². The first-order valence-electron chi connectivity index (χ1n) is 7.66. The zero-order valence-electron chi connectivity index (χ0n) is 13.4. The van der Waals surface area contributed by atoms with Crippen LogP contribution in [0.15, 0.2) is 24.3 Å². The van der Waals surface area contributed by atoms with Gasteiger partial charge in [-0.25, -0.2) is 0 Å². The summed E-state index contributed by atoms with van der Waals surface area (Å²) in [5.74, 6) is 1.66. The number of hydrogen-bond acceptors (Lipinski definition) is 3. The Labute approximate surface area is 132 Å². The molecule has 1 N–H and O–H groups in total. The summed E-state index contributed by atoms with van der Waals surface area (Å²) >= 11 is 1.83. The first kappa shape index (κ1) is 16.4. The molecule has 116 valence electrons. The first-order chi connectivity index (χ1) is 10.0. The maximum atomic E-state index is 12.7. The monoisotopic (exact) mass is 306 g/mol. The van der Waals surface area contributed by atoms with Crippen LogP contribution in [0.4, 0.5) is 0 Å². The average Bonchev–Trinajstić information content (AvgIpc) is 2.77. The van der Waals surface area contributed by atoms with Gasteiger partial charge in [0.05, 0.1) is 6.04 Å². The number of nitrogens with zero attached hydrogens (tertiary/aromatic N) is 1. The van der Waals surface area contributed by atoms with Crippen molar-refractivity contribution >= 4 is 17.7 Å². The van der Waals surface area contributed by atoms with Crippen LogP contribution >= 0.6 is 11.8 Å². The van der Waals surface area contributed by atoms with Gasteiger partial charge in [-0.2, -0.15) is 11.8 Å². The number of carbonyl (C=O) groups is 1. The van der Waals surface area contributed by atoms with E-state index in [9.17, 15) is 4.79 Å². The van der Waals surface area contributed by atoms with E-state index in [4.69, 9.17) is 0 Å². The van der Waals surface area contributed by atoms with Crippen molar-refractivity contribution in [1.82, 2.24) is 10.2 Å². The smallest absolute Gasteiger partial charge is 0.241 e. The topological polar surface area (TPSA) is 32.3 Å². The third-order valence-corrected chi connectivity index (χ3v) is 4.67. The lowest BCUT2D eigenvalue weighted by atomic mass is 10.0. The van der Waals surface area contributed by atoms with Crippen molar-refractivity contribution in [2.75, 3.05) is 18.6 Å².